The zero-order chi connectivity index (χ0) is 31.0. The van der Waals surface area contributed by atoms with E-state index in [-0.39, 0.29) is 29.5 Å². The van der Waals surface area contributed by atoms with Crippen molar-refractivity contribution in [3.05, 3.63) is 130 Å². The number of likely N-dealkylation sites (N-methyl/N-ethyl adjacent to an activating group) is 1. The zero-order valence-corrected chi connectivity index (χ0v) is 26.2. The van der Waals surface area contributed by atoms with Crippen LogP contribution in [0.1, 0.15) is 23.6 Å². The molecule has 10 heteroatoms. The van der Waals surface area contributed by atoms with Crippen LogP contribution in [0.3, 0.4) is 0 Å². The first-order valence-electron chi connectivity index (χ1n) is 13.8. The summed E-state index contributed by atoms with van der Waals surface area (Å²) in [4.78, 5) is 29.3. The summed E-state index contributed by atoms with van der Waals surface area (Å²) >= 11 is 12.3. The molecule has 0 aromatic heterocycles. The smallest absolute Gasteiger partial charge is 0.264 e. The van der Waals surface area contributed by atoms with Gasteiger partial charge >= 0.3 is 0 Å². The molecular formula is C33H33Cl2N3O4S. The highest BCUT2D eigenvalue weighted by Crippen LogP contribution is 2.28. The highest BCUT2D eigenvalue weighted by molar-refractivity contribution is 7.92. The van der Waals surface area contributed by atoms with E-state index in [9.17, 15) is 18.0 Å². The molecule has 0 spiro atoms. The van der Waals surface area contributed by atoms with Crippen LogP contribution in [0.4, 0.5) is 5.69 Å². The standard InChI is InChI=1S/C33H33Cl2N3O4S/c1-3-36-33(40)31(20-25-10-5-4-6-11-25)37(22-26-12-7-9-24(2)19-26)32(39)23-38(29-14-8-13-28(35)21-29)43(41,42)30-17-15-27(34)16-18-30/h4-19,21,31H,3,20,22-23H2,1-2H3,(H,36,40)/t31-/m1/s1. The Balaban J connectivity index is 1.80. The number of halogens is 2. The van der Waals surface area contributed by atoms with Crippen LogP contribution in [0, 0.1) is 6.92 Å². The molecule has 1 N–H and O–H groups in total. The monoisotopic (exact) mass is 637 g/mol. The molecule has 0 fully saturated rings. The maximum Gasteiger partial charge on any atom is 0.264 e. The van der Waals surface area contributed by atoms with Gasteiger partial charge in [0, 0.05) is 29.6 Å². The molecule has 0 heterocycles. The van der Waals surface area contributed by atoms with Gasteiger partial charge in [-0.1, -0.05) is 89.4 Å². The summed E-state index contributed by atoms with van der Waals surface area (Å²) in [5.41, 5.74) is 2.88. The van der Waals surface area contributed by atoms with Gasteiger partial charge in [0.15, 0.2) is 0 Å². The minimum atomic E-state index is -4.24. The maximum absolute atomic E-state index is 14.4. The van der Waals surface area contributed by atoms with Crippen LogP contribution in [0.15, 0.2) is 108 Å². The van der Waals surface area contributed by atoms with Crippen molar-refractivity contribution in [3.8, 4) is 0 Å². The number of hydrogen-bond donors (Lipinski definition) is 1. The summed E-state index contributed by atoms with van der Waals surface area (Å²) in [6.45, 7) is 3.65. The van der Waals surface area contributed by atoms with E-state index in [0.29, 0.717) is 16.6 Å². The summed E-state index contributed by atoms with van der Waals surface area (Å²) < 4.78 is 29.0. The number of aryl methyl sites for hydroxylation is 1. The lowest BCUT2D eigenvalue weighted by Crippen LogP contribution is -2.53. The topological polar surface area (TPSA) is 86.8 Å². The van der Waals surface area contributed by atoms with Crippen LogP contribution >= 0.6 is 23.2 Å². The lowest BCUT2D eigenvalue weighted by atomic mass is 10.0. The van der Waals surface area contributed by atoms with Crippen molar-refractivity contribution < 1.29 is 18.0 Å². The minimum Gasteiger partial charge on any atom is -0.355 e. The number of anilines is 1. The number of sulfonamides is 1. The van der Waals surface area contributed by atoms with Crippen LogP contribution < -0.4 is 9.62 Å². The SMILES string of the molecule is CCNC(=O)[C@@H](Cc1ccccc1)N(Cc1cccc(C)c1)C(=O)CN(c1cccc(Cl)c1)S(=O)(=O)c1ccc(Cl)cc1. The van der Waals surface area contributed by atoms with E-state index >= 15 is 0 Å². The summed E-state index contributed by atoms with van der Waals surface area (Å²) in [7, 11) is -4.24. The number of amides is 2. The van der Waals surface area contributed by atoms with Crippen molar-refractivity contribution >= 4 is 50.7 Å². The zero-order valence-electron chi connectivity index (χ0n) is 23.9. The highest BCUT2D eigenvalue weighted by atomic mass is 35.5. The second kappa shape index (κ2) is 14.6. The van der Waals surface area contributed by atoms with Gasteiger partial charge in [-0.25, -0.2) is 8.42 Å². The van der Waals surface area contributed by atoms with Gasteiger partial charge in [0.2, 0.25) is 11.8 Å². The van der Waals surface area contributed by atoms with E-state index in [2.05, 4.69) is 5.32 Å². The molecule has 4 rings (SSSR count). The van der Waals surface area contributed by atoms with Crippen LogP contribution in [0.25, 0.3) is 0 Å². The molecule has 0 saturated heterocycles. The van der Waals surface area contributed by atoms with Gasteiger partial charge in [-0.2, -0.15) is 0 Å². The molecule has 4 aromatic rings. The molecule has 0 unspecified atom stereocenters. The number of nitrogens with one attached hydrogen (secondary N) is 1. The molecular weight excluding hydrogens is 605 g/mol. The van der Waals surface area contributed by atoms with Crippen molar-refractivity contribution in [1.82, 2.24) is 10.2 Å². The number of carbonyl (C=O) groups is 2. The predicted molar refractivity (Wildman–Crippen MR) is 172 cm³/mol. The van der Waals surface area contributed by atoms with Gasteiger partial charge < -0.3 is 10.2 Å². The van der Waals surface area contributed by atoms with Gasteiger partial charge in [-0.15, -0.1) is 0 Å². The third-order valence-corrected chi connectivity index (χ3v) is 9.11. The lowest BCUT2D eigenvalue weighted by Gasteiger charge is -2.34. The molecule has 1 atom stereocenters. The molecule has 224 valence electrons. The van der Waals surface area contributed by atoms with Crippen molar-refractivity contribution in [2.24, 2.45) is 0 Å². The summed E-state index contributed by atoms with van der Waals surface area (Å²) in [6, 6.07) is 28.2. The van der Waals surface area contributed by atoms with Gasteiger partial charge in [0.1, 0.15) is 12.6 Å². The molecule has 2 amide bonds. The Labute approximate surface area is 263 Å². The van der Waals surface area contributed by atoms with Gasteiger partial charge in [0.25, 0.3) is 10.0 Å². The summed E-state index contributed by atoms with van der Waals surface area (Å²) in [5.74, 6) is -0.881. The largest absolute Gasteiger partial charge is 0.355 e. The normalized spacial score (nSPS) is 11.9. The highest BCUT2D eigenvalue weighted by Gasteiger charge is 2.34. The number of rotatable bonds is 12. The van der Waals surface area contributed by atoms with Crippen LogP contribution in [0.5, 0.6) is 0 Å². The van der Waals surface area contributed by atoms with Crippen LogP contribution in [-0.4, -0.2) is 44.3 Å². The van der Waals surface area contributed by atoms with Gasteiger partial charge in [-0.05, 0) is 67.4 Å². The van der Waals surface area contributed by atoms with Crippen molar-refractivity contribution in [3.63, 3.8) is 0 Å². The van der Waals surface area contributed by atoms with E-state index in [0.717, 1.165) is 21.0 Å². The summed E-state index contributed by atoms with van der Waals surface area (Å²) in [6.07, 6.45) is 0.241. The molecule has 0 aliphatic heterocycles. The number of carbonyl (C=O) groups excluding carboxylic acids is 2. The second-order valence-corrected chi connectivity index (χ2v) is 12.8. The molecule has 7 nitrogen and oxygen atoms in total. The fraction of sp³-hybridized carbons (Fsp3) is 0.212. The molecule has 0 aliphatic rings. The average molecular weight is 639 g/mol. The molecule has 43 heavy (non-hydrogen) atoms. The fourth-order valence-electron chi connectivity index (χ4n) is 4.75. The number of hydrogen-bond acceptors (Lipinski definition) is 4. The summed E-state index contributed by atoms with van der Waals surface area (Å²) in [5, 5.41) is 3.54. The molecule has 0 bridgehead atoms. The van der Waals surface area contributed by atoms with E-state index in [1.54, 1.807) is 18.2 Å². The van der Waals surface area contributed by atoms with Crippen molar-refractivity contribution in [2.45, 2.75) is 37.8 Å². The Kier molecular flexibility index (Phi) is 10.9. The van der Waals surface area contributed by atoms with E-state index in [1.165, 1.54) is 35.2 Å². The van der Waals surface area contributed by atoms with E-state index in [1.807, 2.05) is 68.4 Å². The third-order valence-electron chi connectivity index (χ3n) is 6.83. The predicted octanol–water partition coefficient (Wildman–Crippen LogP) is 6.27. The van der Waals surface area contributed by atoms with Crippen molar-refractivity contribution in [1.29, 1.82) is 0 Å². The number of benzene rings is 4. The second-order valence-electron chi connectivity index (χ2n) is 10.1. The van der Waals surface area contributed by atoms with Gasteiger partial charge in [0.05, 0.1) is 10.6 Å². The average Bonchev–Trinajstić information content (AvgIpc) is 2.98. The van der Waals surface area contributed by atoms with Gasteiger partial charge in [-0.3, -0.25) is 13.9 Å². The minimum absolute atomic E-state index is 0.0422. The van der Waals surface area contributed by atoms with Crippen LogP contribution in [0.2, 0.25) is 10.0 Å². The Morgan fingerprint density at radius 1 is 0.814 bits per heavy atom. The first kappa shape index (κ1) is 32.1. The molecule has 0 saturated carbocycles. The first-order chi connectivity index (χ1) is 20.6. The molecule has 4 aromatic carbocycles. The molecule has 0 radical (unpaired) electrons. The fourth-order valence-corrected chi connectivity index (χ4v) is 6.46. The molecule has 0 aliphatic carbocycles. The third kappa shape index (κ3) is 8.38. The number of nitrogens with zero attached hydrogens (tertiary/aromatic N) is 2. The van der Waals surface area contributed by atoms with Crippen LogP contribution in [-0.2, 0) is 32.6 Å². The van der Waals surface area contributed by atoms with Crippen molar-refractivity contribution in [2.75, 3.05) is 17.4 Å². The quantitative estimate of drug-likeness (QED) is 0.198. The van der Waals surface area contributed by atoms with E-state index < -0.39 is 28.5 Å². The van der Waals surface area contributed by atoms with E-state index in [4.69, 9.17) is 23.2 Å². The lowest BCUT2D eigenvalue weighted by molar-refractivity contribution is -0.140. The maximum atomic E-state index is 14.4. The Morgan fingerprint density at radius 3 is 2.14 bits per heavy atom. The Bertz CT molecular complexity index is 1670. The Hall–Kier alpha value is -3.85. The first-order valence-corrected chi connectivity index (χ1v) is 16.0. The Morgan fingerprint density at radius 2 is 1.49 bits per heavy atom.